The summed E-state index contributed by atoms with van der Waals surface area (Å²) in [6.45, 7) is 5.51. The SMILES string of the molecule is CC1(C)C[C@@H]2CCCNc3cccc(n3)S(=O)(=O)NC(=O)c3ccc(-n4ccc(OCC(=O)C5CCCC5)n4)nc3N1C2. The third-order valence-electron chi connectivity index (χ3n) is 8.61. The molecule has 0 aromatic carbocycles. The molecule has 4 bridgehead atoms. The molecule has 3 aromatic rings. The molecule has 13 heteroatoms. The molecule has 1 aliphatic carbocycles. The van der Waals surface area contributed by atoms with E-state index in [-0.39, 0.29) is 34.4 Å². The molecule has 2 fully saturated rings. The van der Waals surface area contributed by atoms with Crippen molar-refractivity contribution in [1.29, 1.82) is 0 Å². The number of ketones is 1. The molecule has 0 unspecified atom stereocenters. The maximum absolute atomic E-state index is 13.6. The van der Waals surface area contributed by atoms with E-state index in [9.17, 15) is 18.0 Å². The van der Waals surface area contributed by atoms with E-state index >= 15 is 0 Å². The Bertz CT molecular complexity index is 1630. The van der Waals surface area contributed by atoms with Gasteiger partial charge in [-0.05, 0) is 76.1 Å². The van der Waals surface area contributed by atoms with Gasteiger partial charge in [-0.15, -0.1) is 5.10 Å². The molecule has 5 heterocycles. The lowest BCUT2D eigenvalue weighted by molar-refractivity contribution is -0.124. The van der Waals surface area contributed by atoms with Gasteiger partial charge in [0.2, 0.25) is 5.88 Å². The van der Waals surface area contributed by atoms with E-state index < -0.39 is 15.9 Å². The molecule has 1 saturated heterocycles. The number of pyridine rings is 2. The average molecular weight is 608 g/mol. The molecule has 12 nitrogen and oxygen atoms in total. The van der Waals surface area contributed by atoms with E-state index in [0.29, 0.717) is 42.3 Å². The van der Waals surface area contributed by atoms with Crippen LogP contribution in [0.5, 0.6) is 5.88 Å². The monoisotopic (exact) mass is 607 g/mol. The molecule has 0 spiro atoms. The normalized spacial score (nSPS) is 21.7. The van der Waals surface area contributed by atoms with Crippen LogP contribution in [-0.4, -0.2) is 65.1 Å². The van der Waals surface area contributed by atoms with E-state index in [0.717, 1.165) is 44.9 Å². The van der Waals surface area contributed by atoms with Gasteiger partial charge in [-0.1, -0.05) is 18.9 Å². The van der Waals surface area contributed by atoms with Gasteiger partial charge in [-0.25, -0.2) is 19.4 Å². The molecule has 3 aromatic heterocycles. The van der Waals surface area contributed by atoms with Gasteiger partial charge in [0.15, 0.2) is 16.6 Å². The van der Waals surface area contributed by atoms with Crippen LogP contribution < -0.4 is 19.7 Å². The maximum Gasteiger partial charge on any atom is 0.281 e. The molecule has 0 radical (unpaired) electrons. The Kier molecular flexibility index (Phi) is 7.84. The van der Waals surface area contributed by atoms with Crippen LogP contribution in [0.3, 0.4) is 0 Å². The Labute approximate surface area is 251 Å². The second kappa shape index (κ2) is 11.6. The van der Waals surface area contributed by atoms with Crippen molar-refractivity contribution in [3.8, 4) is 11.7 Å². The lowest BCUT2D eigenvalue weighted by atomic mass is 9.93. The molecule has 228 valence electrons. The van der Waals surface area contributed by atoms with Crippen LogP contribution in [-0.2, 0) is 14.8 Å². The van der Waals surface area contributed by atoms with Crippen molar-refractivity contribution in [2.75, 3.05) is 29.9 Å². The molecule has 3 aliphatic rings. The summed E-state index contributed by atoms with van der Waals surface area (Å²) in [5, 5.41) is 7.42. The number of amides is 1. The summed E-state index contributed by atoms with van der Waals surface area (Å²) in [4.78, 5) is 37.2. The van der Waals surface area contributed by atoms with E-state index in [4.69, 9.17) is 9.72 Å². The first kappa shape index (κ1) is 29.1. The highest BCUT2D eigenvalue weighted by atomic mass is 32.2. The highest BCUT2D eigenvalue weighted by Crippen LogP contribution is 2.39. The minimum Gasteiger partial charge on any atom is -0.469 e. The number of hydrogen-bond donors (Lipinski definition) is 2. The zero-order chi connectivity index (χ0) is 30.2. The lowest BCUT2D eigenvalue weighted by Crippen LogP contribution is -2.41. The first-order chi connectivity index (χ1) is 20.6. The lowest BCUT2D eigenvalue weighted by Gasteiger charge is -2.34. The number of Topliss-reactive ketones (excluding diaryl/α,β-unsaturated/α-hetero) is 1. The Morgan fingerprint density at radius 3 is 2.70 bits per heavy atom. The summed E-state index contributed by atoms with van der Waals surface area (Å²) >= 11 is 0. The number of carbonyl (C=O) groups excluding carboxylic acids is 2. The minimum atomic E-state index is -4.25. The summed E-state index contributed by atoms with van der Waals surface area (Å²) in [6.07, 6.45) is 8.39. The standard InChI is InChI=1S/C30H37N7O5S/c1-30(2)17-20-7-6-15-31-24-10-5-11-27(32-24)43(40,41)35-29(39)22-12-13-25(33-28(22)36(30)18-20)37-16-14-26(34-37)42-19-23(38)21-8-3-4-9-21/h5,10-14,16,20-21H,3-4,6-9,15,17-19H2,1-2H3,(H,31,32)(H,35,39)/t20-/m0/s1. The number of nitrogens with zero attached hydrogens (tertiary/aromatic N) is 5. The van der Waals surface area contributed by atoms with E-state index in [1.807, 2.05) is 0 Å². The predicted octanol–water partition coefficient (Wildman–Crippen LogP) is 3.73. The second-order valence-corrected chi connectivity index (χ2v) is 13.9. The van der Waals surface area contributed by atoms with Crippen molar-refractivity contribution < 1.29 is 22.7 Å². The largest absolute Gasteiger partial charge is 0.469 e. The number of carbonyl (C=O) groups is 2. The topological polar surface area (TPSA) is 148 Å². The number of fused-ring (bicyclic) bond motifs is 6. The number of aromatic nitrogens is 4. The number of ether oxygens (including phenoxy) is 1. The van der Waals surface area contributed by atoms with Crippen molar-refractivity contribution in [3.05, 3.63) is 48.2 Å². The molecular weight excluding hydrogens is 570 g/mol. The Balaban J connectivity index is 1.32. The van der Waals surface area contributed by atoms with Crippen LogP contribution in [0, 0.1) is 11.8 Å². The first-order valence-corrected chi connectivity index (χ1v) is 16.4. The van der Waals surface area contributed by atoms with E-state index in [2.05, 4.69) is 38.9 Å². The van der Waals surface area contributed by atoms with E-state index in [1.54, 1.807) is 36.5 Å². The van der Waals surface area contributed by atoms with Crippen molar-refractivity contribution in [3.63, 3.8) is 0 Å². The minimum absolute atomic E-state index is 0.0232. The Hall–Kier alpha value is -4.00. The van der Waals surface area contributed by atoms with Crippen LogP contribution in [0.15, 0.2) is 47.6 Å². The van der Waals surface area contributed by atoms with Crippen LogP contribution in [0.2, 0.25) is 0 Å². The summed E-state index contributed by atoms with van der Waals surface area (Å²) in [5.41, 5.74) is -0.199. The summed E-state index contributed by atoms with van der Waals surface area (Å²) in [5.74, 6) is 1.27. The van der Waals surface area contributed by atoms with Crippen LogP contribution in [0.4, 0.5) is 11.6 Å². The smallest absolute Gasteiger partial charge is 0.281 e. The van der Waals surface area contributed by atoms with Gasteiger partial charge in [0.25, 0.3) is 15.9 Å². The van der Waals surface area contributed by atoms with Crippen LogP contribution >= 0.6 is 0 Å². The van der Waals surface area contributed by atoms with Gasteiger partial charge in [0.1, 0.15) is 18.2 Å². The Morgan fingerprint density at radius 1 is 1.07 bits per heavy atom. The number of sulfonamides is 1. The molecule has 1 saturated carbocycles. The van der Waals surface area contributed by atoms with Gasteiger partial charge in [0, 0.05) is 36.8 Å². The quantitative estimate of drug-likeness (QED) is 0.440. The van der Waals surface area contributed by atoms with Crippen molar-refractivity contribution >= 4 is 33.3 Å². The molecule has 2 N–H and O–H groups in total. The maximum atomic E-state index is 13.6. The highest BCUT2D eigenvalue weighted by Gasteiger charge is 2.41. The molecule has 1 atom stereocenters. The van der Waals surface area contributed by atoms with Crippen molar-refractivity contribution in [2.24, 2.45) is 11.8 Å². The van der Waals surface area contributed by atoms with Crippen LogP contribution in [0.1, 0.15) is 69.2 Å². The predicted molar refractivity (Wildman–Crippen MR) is 160 cm³/mol. The number of rotatable bonds is 5. The fraction of sp³-hybridized carbons (Fsp3) is 0.500. The van der Waals surface area contributed by atoms with Gasteiger partial charge in [-0.2, -0.15) is 8.42 Å². The molecular formula is C30H37N7O5S. The third kappa shape index (κ3) is 6.22. The number of anilines is 2. The van der Waals surface area contributed by atoms with Crippen molar-refractivity contribution in [1.82, 2.24) is 24.5 Å². The number of nitrogens with one attached hydrogen (secondary N) is 2. The summed E-state index contributed by atoms with van der Waals surface area (Å²) < 4.78 is 35.8. The summed E-state index contributed by atoms with van der Waals surface area (Å²) in [6, 6.07) is 9.51. The molecule has 2 aliphatic heterocycles. The summed E-state index contributed by atoms with van der Waals surface area (Å²) in [7, 11) is -4.25. The molecule has 6 rings (SSSR count). The zero-order valence-electron chi connectivity index (χ0n) is 24.5. The van der Waals surface area contributed by atoms with Gasteiger partial charge in [-0.3, -0.25) is 9.59 Å². The first-order valence-electron chi connectivity index (χ1n) is 14.9. The average Bonchev–Trinajstić information content (AvgIpc) is 3.74. The molecule has 1 amide bonds. The number of hydrogen-bond acceptors (Lipinski definition) is 10. The molecule has 43 heavy (non-hydrogen) atoms. The Morgan fingerprint density at radius 2 is 1.88 bits per heavy atom. The van der Waals surface area contributed by atoms with Crippen molar-refractivity contribution in [2.45, 2.75) is 69.4 Å². The highest BCUT2D eigenvalue weighted by molar-refractivity contribution is 7.90. The van der Waals surface area contributed by atoms with E-state index in [1.165, 1.54) is 10.7 Å². The zero-order valence-corrected chi connectivity index (χ0v) is 25.3. The third-order valence-corrected chi connectivity index (χ3v) is 9.85. The fourth-order valence-electron chi connectivity index (χ4n) is 6.42. The van der Waals surface area contributed by atoms with Gasteiger partial charge < -0.3 is 15.0 Å². The van der Waals surface area contributed by atoms with Crippen LogP contribution in [0.25, 0.3) is 5.82 Å². The van der Waals surface area contributed by atoms with Gasteiger partial charge >= 0.3 is 0 Å². The fourth-order valence-corrected chi connectivity index (χ4v) is 7.36. The van der Waals surface area contributed by atoms with Gasteiger partial charge in [0.05, 0.1) is 5.56 Å². The second-order valence-electron chi connectivity index (χ2n) is 12.2.